The van der Waals surface area contributed by atoms with Gasteiger partial charge in [0.1, 0.15) is 53.3 Å². The average Bonchev–Trinajstić information content (AvgIpc) is 2.77. The third-order valence-corrected chi connectivity index (χ3v) is 5.84. The van der Waals surface area contributed by atoms with Gasteiger partial charge in [0.25, 0.3) is 0 Å². The molecule has 0 radical (unpaired) electrons. The van der Waals surface area contributed by atoms with Gasteiger partial charge in [-0.2, -0.15) is 0 Å². The summed E-state index contributed by atoms with van der Waals surface area (Å²) in [5, 5.41) is 90.7. The van der Waals surface area contributed by atoms with Crippen LogP contribution in [0.2, 0.25) is 0 Å². The van der Waals surface area contributed by atoms with E-state index in [1.54, 1.807) is 0 Å². The van der Waals surface area contributed by atoms with Crippen LogP contribution in [-0.4, -0.2) is 88.9 Å². The molecule has 2 aliphatic rings. The van der Waals surface area contributed by atoms with Crippen molar-refractivity contribution in [3.63, 3.8) is 0 Å². The fraction of sp³-hybridized carbons (Fsp3) is 0.381. The minimum absolute atomic E-state index is 0.119. The summed E-state index contributed by atoms with van der Waals surface area (Å²) in [6, 6.07) is 4.42. The Morgan fingerprint density at radius 1 is 0.818 bits per heavy atom. The van der Waals surface area contributed by atoms with Crippen LogP contribution in [0.1, 0.15) is 33.7 Å². The predicted molar refractivity (Wildman–Crippen MR) is 106 cm³/mol. The molecule has 0 aliphatic carbocycles. The highest BCUT2D eigenvalue weighted by Gasteiger charge is 2.48. The van der Waals surface area contributed by atoms with Crippen molar-refractivity contribution in [1.29, 1.82) is 0 Å². The van der Waals surface area contributed by atoms with E-state index in [4.69, 9.17) is 9.47 Å². The number of hydrogen-bond acceptors (Lipinski definition) is 12. The van der Waals surface area contributed by atoms with E-state index >= 15 is 0 Å². The van der Waals surface area contributed by atoms with Gasteiger partial charge in [0.05, 0.1) is 12.2 Å². The van der Waals surface area contributed by atoms with Crippen molar-refractivity contribution in [3.8, 4) is 28.7 Å². The number of benzene rings is 2. The fourth-order valence-corrected chi connectivity index (χ4v) is 4.05. The van der Waals surface area contributed by atoms with Crippen LogP contribution in [0.4, 0.5) is 0 Å². The van der Waals surface area contributed by atoms with Crippen LogP contribution >= 0.6 is 0 Å². The topological polar surface area (TPSA) is 218 Å². The molecule has 1 fully saturated rings. The molecule has 0 aromatic heterocycles. The highest BCUT2D eigenvalue weighted by molar-refractivity contribution is 6.06. The first-order valence-electron chi connectivity index (χ1n) is 9.87. The summed E-state index contributed by atoms with van der Waals surface area (Å²) < 4.78 is 10.9. The maximum atomic E-state index is 12.9. The Hall–Kier alpha value is -3.13. The van der Waals surface area contributed by atoms with E-state index in [0.29, 0.717) is 0 Å². The van der Waals surface area contributed by atoms with Gasteiger partial charge in [-0.25, -0.2) is 0 Å². The van der Waals surface area contributed by atoms with Gasteiger partial charge in [0.15, 0.2) is 23.7 Å². The molecule has 0 spiro atoms. The smallest absolute Gasteiger partial charge is 0.202 e. The van der Waals surface area contributed by atoms with E-state index in [-0.39, 0.29) is 11.3 Å². The van der Waals surface area contributed by atoms with Gasteiger partial charge in [0.2, 0.25) is 5.78 Å². The lowest BCUT2D eigenvalue weighted by Crippen LogP contribution is -2.55. The second kappa shape index (κ2) is 8.33. The lowest BCUT2D eigenvalue weighted by molar-refractivity contribution is -0.232. The lowest BCUT2D eigenvalue weighted by Gasteiger charge is -2.41. The van der Waals surface area contributed by atoms with E-state index in [9.17, 15) is 50.8 Å². The molecule has 12 heteroatoms. The van der Waals surface area contributed by atoms with Gasteiger partial charge in [0, 0.05) is 6.07 Å². The van der Waals surface area contributed by atoms with Crippen LogP contribution in [0.5, 0.6) is 28.7 Å². The summed E-state index contributed by atoms with van der Waals surface area (Å²) in [5.74, 6) is -3.90. The number of ketones is 1. The molecule has 2 unspecified atom stereocenters. The molecule has 12 nitrogen and oxygen atoms in total. The number of aliphatic hydroxyl groups is 5. The van der Waals surface area contributed by atoms with Crippen molar-refractivity contribution >= 4 is 5.78 Å². The number of rotatable bonds is 3. The zero-order valence-electron chi connectivity index (χ0n) is 16.8. The van der Waals surface area contributed by atoms with Crippen LogP contribution in [0.15, 0.2) is 24.3 Å². The highest BCUT2D eigenvalue weighted by Crippen LogP contribution is 2.49. The minimum Gasteiger partial charge on any atom is -0.507 e. The Kier molecular flexibility index (Phi) is 5.82. The fourth-order valence-electron chi connectivity index (χ4n) is 4.05. The van der Waals surface area contributed by atoms with Crippen LogP contribution in [0.25, 0.3) is 0 Å². The second-order valence-corrected chi connectivity index (χ2v) is 7.88. The normalized spacial score (nSPS) is 31.7. The molecule has 7 atom stereocenters. The van der Waals surface area contributed by atoms with Gasteiger partial charge < -0.3 is 55.4 Å². The number of carbonyl (C=O) groups excluding carboxylic acids is 1. The molecule has 2 aromatic rings. The number of carbonyl (C=O) groups is 1. The molecule has 2 aliphatic heterocycles. The number of fused-ring (bicyclic) bond motifs is 1. The molecule has 0 bridgehead atoms. The van der Waals surface area contributed by atoms with Crippen LogP contribution in [0.3, 0.4) is 0 Å². The van der Waals surface area contributed by atoms with E-state index in [1.807, 2.05) is 0 Å². The largest absolute Gasteiger partial charge is 0.507 e. The monoisotopic (exact) mass is 466 g/mol. The third-order valence-electron chi connectivity index (χ3n) is 5.84. The first kappa shape index (κ1) is 23.0. The first-order chi connectivity index (χ1) is 15.6. The zero-order chi connectivity index (χ0) is 24.2. The van der Waals surface area contributed by atoms with Crippen molar-refractivity contribution in [3.05, 3.63) is 41.0 Å². The number of phenolic OH excluding ortho intramolecular Hbond substituents is 4. The number of aromatic hydroxyl groups is 4. The Labute approximate surface area is 185 Å². The second-order valence-electron chi connectivity index (χ2n) is 7.88. The molecule has 4 rings (SSSR count). The Balaban J connectivity index is 1.77. The third kappa shape index (κ3) is 3.62. The van der Waals surface area contributed by atoms with Crippen LogP contribution in [0, 0.1) is 0 Å². The Morgan fingerprint density at radius 2 is 1.52 bits per heavy atom. The van der Waals surface area contributed by atoms with Crippen LogP contribution < -0.4 is 4.74 Å². The van der Waals surface area contributed by atoms with Crippen molar-refractivity contribution in [2.75, 3.05) is 6.61 Å². The summed E-state index contributed by atoms with van der Waals surface area (Å²) in [6.45, 7) is -0.754. The molecule has 0 amide bonds. The van der Waals surface area contributed by atoms with E-state index < -0.39 is 89.2 Å². The van der Waals surface area contributed by atoms with Gasteiger partial charge in [-0.3, -0.25) is 4.79 Å². The van der Waals surface area contributed by atoms with Crippen molar-refractivity contribution in [1.82, 2.24) is 0 Å². The van der Waals surface area contributed by atoms with Gasteiger partial charge in [-0.05, 0) is 17.7 Å². The molecule has 9 N–H and O–H groups in total. The minimum atomic E-state index is -1.86. The number of hydrogen-bond donors (Lipinski definition) is 9. The SMILES string of the molecule is O=C1c2c(cc(O)c([C@@H]3OC(CO)[C@@H](O)[C@H](O)C3O)c2O)O[C@@H](c2ccc(O)c(O)c2)[C@@H]1O. The molecule has 2 aromatic carbocycles. The Morgan fingerprint density at radius 3 is 2.15 bits per heavy atom. The van der Waals surface area contributed by atoms with Gasteiger partial charge >= 0.3 is 0 Å². The molecule has 178 valence electrons. The summed E-state index contributed by atoms with van der Waals surface area (Å²) in [6.07, 6.45) is -11.5. The van der Waals surface area contributed by atoms with Crippen molar-refractivity contribution in [2.45, 2.75) is 42.7 Å². The summed E-state index contributed by atoms with van der Waals surface area (Å²) in [7, 11) is 0. The highest BCUT2D eigenvalue weighted by atomic mass is 16.5. The number of ether oxygens (including phenoxy) is 2. The number of phenols is 4. The summed E-state index contributed by atoms with van der Waals surface area (Å²) in [5.41, 5.74) is -0.934. The maximum absolute atomic E-state index is 12.9. The predicted octanol–water partition coefficient (Wildman–Crippen LogP) is -1.30. The molecule has 33 heavy (non-hydrogen) atoms. The summed E-state index contributed by atoms with van der Waals surface area (Å²) in [4.78, 5) is 12.9. The van der Waals surface area contributed by atoms with E-state index in [0.717, 1.165) is 18.2 Å². The molecule has 1 saturated heterocycles. The lowest BCUT2D eigenvalue weighted by atomic mass is 9.86. The molecular formula is C21H22O12. The number of Topliss-reactive ketones (excluding diaryl/α,β-unsaturated/α-hetero) is 1. The van der Waals surface area contributed by atoms with E-state index in [2.05, 4.69) is 0 Å². The standard InChI is InChI=1S/C21H22O12/c22-5-11-14(26)17(29)19(31)21(33-11)12-9(25)4-10-13(15(12)27)16(28)18(30)20(32-10)6-1-2-7(23)8(24)3-6/h1-4,11,14,17-27,29-31H,5H2/t11?,14-,17+,18-,19?,20+,21+/m1/s1. The summed E-state index contributed by atoms with van der Waals surface area (Å²) >= 11 is 0. The first-order valence-corrected chi connectivity index (χ1v) is 9.87. The Bertz CT molecular complexity index is 1080. The maximum Gasteiger partial charge on any atom is 0.202 e. The van der Waals surface area contributed by atoms with E-state index in [1.165, 1.54) is 6.07 Å². The van der Waals surface area contributed by atoms with Crippen LogP contribution in [-0.2, 0) is 4.74 Å². The van der Waals surface area contributed by atoms with Gasteiger partial charge in [-0.1, -0.05) is 6.07 Å². The molecule has 0 saturated carbocycles. The average molecular weight is 466 g/mol. The van der Waals surface area contributed by atoms with Gasteiger partial charge in [-0.15, -0.1) is 0 Å². The molecular weight excluding hydrogens is 444 g/mol. The van der Waals surface area contributed by atoms with Crippen molar-refractivity contribution in [2.24, 2.45) is 0 Å². The number of aliphatic hydroxyl groups excluding tert-OH is 5. The van der Waals surface area contributed by atoms with Crippen molar-refractivity contribution < 1.29 is 60.2 Å². The molecule has 2 heterocycles. The zero-order valence-corrected chi connectivity index (χ0v) is 16.8. The quantitative estimate of drug-likeness (QED) is 0.241.